The second-order valence-corrected chi connectivity index (χ2v) is 4.93. The molecular formula is C17H16F2N2O2. The van der Waals surface area contributed by atoms with Gasteiger partial charge in [0.2, 0.25) is 11.8 Å². The van der Waals surface area contributed by atoms with Crippen LogP contribution in [0.5, 0.6) is 0 Å². The minimum Gasteiger partial charge on any atom is -0.326 e. The molecule has 0 saturated heterocycles. The Morgan fingerprint density at radius 3 is 2.39 bits per heavy atom. The van der Waals surface area contributed by atoms with Crippen LogP contribution in [0.4, 0.5) is 20.2 Å². The van der Waals surface area contributed by atoms with E-state index in [1.54, 1.807) is 24.3 Å². The van der Waals surface area contributed by atoms with Gasteiger partial charge in [0, 0.05) is 31.6 Å². The van der Waals surface area contributed by atoms with Crippen molar-refractivity contribution in [3.8, 4) is 0 Å². The maximum atomic E-state index is 13.8. The molecule has 0 aromatic heterocycles. The van der Waals surface area contributed by atoms with Crippen LogP contribution in [-0.4, -0.2) is 18.4 Å². The first-order valence-corrected chi connectivity index (χ1v) is 7.05. The van der Waals surface area contributed by atoms with Gasteiger partial charge in [0.1, 0.15) is 11.6 Å². The van der Waals surface area contributed by atoms with Gasteiger partial charge in [-0.2, -0.15) is 0 Å². The van der Waals surface area contributed by atoms with E-state index in [1.165, 1.54) is 13.0 Å². The number of hydrogen-bond donors (Lipinski definition) is 1. The van der Waals surface area contributed by atoms with Gasteiger partial charge < -0.3 is 10.2 Å². The molecule has 120 valence electrons. The summed E-state index contributed by atoms with van der Waals surface area (Å²) in [5.41, 5.74) is 0.589. The zero-order valence-corrected chi connectivity index (χ0v) is 12.6. The highest BCUT2D eigenvalue weighted by atomic mass is 19.1. The SMILES string of the molecule is CC(=O)N(CCC(=O)Nc1ccccc1)c1ccc(F)cc1F. The lowest BCUT2D eigenvalue weighted by Crippen LogP contribution is -2.32. The summed E-state index contributed by atoms with van der Waals surface area (Å²) in [5.74, 6) is -2.30. The largest absolute Gasteiger partial charge is 0.326 e. The van der Waals surface area contributed by atoms with Crippen LogP contribution in [0.15, 0.2) is 48.5 Å². The van der Waals surface area contributed by atoms with Crippen LogP contribution in [-0.2, 0) is 9.59 Å². The third kappa shape index (κ3) is 4.60. The number of benzene rings is 2. The van der Waals surface area contributed by atoms with Crippen LogP contribution in [0.1, 0.15) is 13.3 Å². The van der Waals surface area contributed by atoms with E-state index in [0.29, 0.717) is 11.8 Å². The van der Waals surface area contributed by atoms with E-state index in [4.69, 9.17) is 0 Å². The van der Waals surface area contributed by atoms with E-state index in [1.807, 2.05) is 6.07 Å². The molecule has 0 aliphatic rings. The Kier molecular flexibility index (Phi) is 5.41. The number of para-hydroxylation sites is 1. The number of nitrogens with zero attached hydrogens (tertiary/aromatic N) is 1. The summed E-state index contributed by atoms with van der Waals surface area (Å²) in [6, 6.07) is 11.8. The average molecular weight is 318 g/mol. The predicted octanol–water partition coefficient (Wildman–Crippen LogP) is 3.35. The number of carbonyl (C=O) groups excluding carboxylic acids is 2. The molecule has 4 nitrogen and oxygen atoms in total. The van der Waals surface area contributed by atoms with E-state index in [2.05, 4.69) is 5.32 Å². The van der Waals surface area contributed by atoms with Crippen LogP contribution < -0.4 is 10.2 Å². The summed E-state index contributed by atoms with van der Waals surface area (Å²) in [7, 11) is 0. The summed E-state index contributed by atoms with van der Waals surface area (Å²) < 4.78 is 26.8. The van der Waals surface area contributed by atoms with Crippen LogP contribution in [0.3, 0.4) is 0 Å². The van der Waals surface area contributed by atoms with Crippen molar-refractivity contribution >= 4 is 23.2 Å². The normalized spacial score (nSPS) is 10.2. The summed E-state index contributed by atoms with van der Waals surface area (Å²) in [4.78, 5) is 24.7. The first-order valence-electron chi connectivity index (χ1n) is 7.05. The molecule has 1 N–H and O–H groups in total. The third-order valence-corrected chi connectivity index (χ3v) is 3.20. The Morgan fingerprint density at radius 2 is 1.78 bits per heavy atom. The number of rotatable bonds is 5. The Balaban J connectivity index is 2.03. The molecule has 2 aromatic rings. The zero-order valence-electron chi connectivity index (χ0n) is 12.6. The highest BCUT2D eigenvalue weighted by Crippen LogP contribution is 2.20. The molecule has 0 radical (unpaired) electrons. The summed E-state index contributed by atoms with van der Waals surface area (Å²) in [6.45, 7) is 1.26. The quantitative estimate of drug-likeness (QED) is 0.919. The highest BCUT2D eigenvalue weighted by Gasteiger charge is 2.17. The summed E-state index contributed by atoms with van der Waals surface area (Å²) in [5, 5.41) is 2.68. The third-order valence-electron chi connectivity index (χ3n) is 3.20. The van der Waals surface area contributed by atoms with Crippen molar-refractivity contribution < 1.29 is 18.4 Å². The molecule has 0 fully saturated rings. The Labute approximate surface area is 132 Å². The number of amides is 2. The number of nitrogens with one attached hydrogen (secondary N) is 1. The second-order valence-electron chi connectivity index (χ2n) is 4.93. The molecule has 0 bridgehead atoms. The maximum absolute atomic E-state index is 13.8. The molecule has 0 heterocycles. The van der Waals surface area contributed by atoms with Gasteiger partial charge in [-0.25, -0.2) is 8.78 Å². The molecule has 2 amide bonds. The molecular weight excluding hydrogens is 302 g/mol. The van der Waals surface area contributed by atoms with Crippen LogP contribution in [0, 0.1) is 11.6 Å². The van der Waals surface area contributed by atoms with E-state index in [0.717, 1.165) is 11.0 Å². The van der Waals surface area contributed by atoms with Gasteiger partial charge in [-0.15, -0.1) is 0 Å². The van der Waals surface area contributed by atoms with Gasteiger partial charge >= 0.3 is 0 Å². The van der Waals surface area contributed by atoms with Crippen molar-refractivity contribution in [3.63, 3.8) is 0 Å². The molecule has 6 heteroatoms. The van der Waals surface area contributed by atoms with Gasteiger partial charge in [-0.1, -0.05) is 18.2 Å². The number of anilines is 2. The minimum atomic E-state index is -0.844. The average Bonchev–Trinajstić information content (AvgIpc) is 2.50. The number of carbonyl (C=O) groups is 2. The summed E-state index contributed by atoms with van der Waals surface area (Å²) >= 11 is 0. The van der Waals surface area contributed by atoms with Crippen LogP contribution >= 0.6 is 0 Å². The fourth-order valence-corrected chi connectivity index (χ4v) is 2.11. The van der Waals surface area contributed by atoms with Gasteiger partial charge in [-0.05, 0) is 24.3 Å². The first kappa shape index (κ1) is 16.6. The Bertz CT molecular complexity index is 705. The molecule has 2 rings (SSSR count). The van der Waals surface area contributed by atoms with E-state index < -0.39 is 17.5 Å². The van der Waals surface area contributed by atoms with E-state index in [9.17, 15) is 18.4 Å². The van der Waals surface area contributed by atoms with Crippen molar-refractivity contribution in [2.75, 3.05) is 16.8 Å². The van der Waals surface area contributed by atoms with Gasteiger partial charge in [0.05, 0.1) is 5.69 Å². The Morgan fingerprint density at radius 1 is 1.09 bits per heavy atom. The van der Waals surface area contributed by atoms with Crippen molar-refractivity contribution in [1.82, 2.24) is 0 Å². The minimum absolute atomic E-state index is 0.00342. The highest BCUT2D eigenvalue weighted by molar-refractivity contribution is 5.94. The lowest BCUT2D eigenvalue weighted by atomic mass is 10.2. The molecule has 23 heavy (non-hydrogen) atoms. The van der Waals surface area contributed by atoms with Crippen molar-refractivity contribution in [2.24, 2.45) is 0 Å². The van der Waals surface area contributed by atoms with Gasteiger partial charge in [0.25, 0.3) is 0 Å². The first-order chi connectivity index (χ1) is 11.0. The molecule has 2 aromatic carbocycles. The van der Waals surface area contributed by atoms with Crippen molar-refractivity contribution in [1.29, 1.82) is 0 Å². The van der Waals surface area contributed by atoms with E-state index >= 15 is 0 Å². The van der Waals surface area contributed by atoms with Gasteiger partial charge in [-0.3, -0.25) is 9.59 Å². The lowest BCUT2D eigenvalue weighted by Gasteiger charge is -2.21. The molecule has 0 atom stereocenters. The van der Waals surface area contributed by atoms with E-state index in [-0.39, 0.29) is 24.6 Å². The van der Waals surface area contributed by atoms with Crippen LogP contribution in [0.25, 0.3) is 0 Å². The molecule has 0 spiro atoms. The van der Waals surface area contributed by atoms with Crippen LogP contribution in [0.2, 0.25) is 0 Å². The lowest BCUT2D eigenvalue weighted by molar-refractivity contribution is -0.117. The predicted molar refractivity (Wildman–Crippen MR) is 84.1 cm³/mol. The molecule has 0 saturated carbocycles. The second kappa shape index (κ2) is 7.49. The smallest absolute Gasteiger partial charge is 0.226 e. The van der Waals surface area contributed by atoms with Crippen molar-refractivity contribution in [2.45, 2.75) is 13.3 Å². The molecule has 0 aliphatic carbocycles. The molecule has 0 unspecified atom stereocenters. The topological polar surface area (TPSA) is 49.4 Å². The standard InChI is InChI=1S/C17H16F2N2O2/c1-12(22)21(16-8-7-13(18)11-15(16)19)10-9-17(23)20-14-5-3-2-4-6-14/h2-8,11H,9-10H2,1H3,(H,20,23). The zero-order chi connectivity index (χ0) is 16.8. The molecule has 0 aliphatic heterocycles. The fourth-order valence-electron chi connectivity index (χ4n) is 2.11. The summed E-state index contributed by atoms with van der Waals surface area (Å²) in [6.07, 6.45) is -0.00864. The van der Waals surface area contributed by atoms with Gasteiger partial charge in [0.15, 0.2) is 0 Å². The Hall–Kier alpha value is -2.76. The van der Waals surface area contributed by atoms with Crippen molar-refractivity contribution in [3.05, 3.63) is 60.2 Å². The monoisotopic (exact) mass is 318 g/mol. The maximum Gasteiger partial charge on any atom is 0.226 e. The number of halogens is 2. The fraction of sp³-hybridized carbons (Fsp3) is 0.176. The number of hydrogen-bond acceptors (Lipinski definition) is 2.